The zero-order chi connectivity index (χ0) is 14.9. The van der Waals surface area contributed by atoms with Gasteiger partial charge < -0.3 is 10.1 Å². The number of hydrogen-bond acceptors (Lipinski definition) is 2. The molecule has 0 bridgehead atoms. The van der Waals surface area contributed by atoms with Crippen LogP contribution in [0.3, 0.4) is 0 Å². The van der Waals surface area contributed by atoms with Crippen molar-refractivity contribution in [3.63, 3.8) is 0 Å². The number of fused-ring (bicyclic) bond motifs is 2. The van der Waals surface area contributed by atoms with Gasteiger partial charge in [0.15, 0.2) is 5.75 Å². The van der Waals surface area contributed by atoms with Gasteiger partial charge in [-0.15, -0.1) is 0 Å². The van der Waals surface area contributed by atoms with Gasteiger partial charge in [-0.25, -0.2) is 0 Å². The number of anilines is 1. The number of carbonyl (C=O) groups excluding carboxylic acids is 1. The predicted molar refractivity (Wildman–Crippen MR) is 86.3 cm³/mol. The van der Waals surface area contributed by atoms with E-state index in [2.05, 4.69) is 5.32 Å². The van der Waals surface area contributed by atoms with Crippen LogP contribution in [0, 0.1) is 0 Å². The first-order valence-electron chi connectivity index (χ1n) is 7.09. The third-order valence-corrected chi connectivity index (χ3v) is 3.69. The fraction of sp³-hybridized carbons (Fsp3) is 0. The molecule has 0 saturated heterocycles. The minimum atomic E-state index is -0.155. The van der Waals surface area contributed by atoms with E-state index in [1.165, 1.54) is 0 Å². The molecule has 3 heteroatoms. The summed E-state index contributed by atoms with van der Waals surface area (Å²) in [6, 6.07) is 23.1. The van der Waals surface area contributed by atoms with Crippen molar-refractivity contribution in [3.8, 4) is 22.6 Å². The highest BCUT2D eigenvalue weighted by atomic mass is 16.5. The SMILES string of the molecule is O=C1Nc2ccccc2Oc2ccc(-c3ccccc3)cc21. The Bertz CT molecular complexity index is 856. The van der Waals surface area contributed by atoms with Crippen LogP contribution in [0.25, 0.3) is 11.1 Å². The molecule has 3 aromatic rings. The Labute approximate surface area is 128 Å². The number of rotatable bonds is 1. The molecule has 0 fully saturated rings. The van der Waals surface area contributed by atoms with Crippen molar-refractivity contribution in [1.82, 2.24) is 0 Å². The fourth-order valence-corrected chi connectivity index (χ4v) is 2.57. The third kappa shape index (κ3) is 2.13. The van der Waals surface area contributed by atoms with Gasteiger partial charge in [0.1, 0.15) is 5.75 Å². The molecule has 1 N–H and O–H groups in total. The third-order valence-electron chi connectivity index (χ3n) is 3.69. The highest BCUT2D eigenvalue weighted by Gasteiger charge is 2.20. The summed E-state index contributed by atoms with van der Waals surface area (Å²) in [5, 5.41) is 2.89. The van der Waals surface area contributed by atoms with Crippen molar-refractivity contribution in [2.45, 2.75) is 0 Å². The Balaban J connectivity index is 1.82. The minimum absolute atomic E-state index is 0.155. The molecule has 0 aliphatic carbocycles. The number of para-hydroxylation sites is 2. The van der Waals surface area contributed by atoms with Crippen LogP contribution in [0.4, 0.5) is 5.69 Å². The fourth-order valence-electron chi connectivity index (χ4n) is 2.57. The summed E-state index contributed by atoms with van der Waals surface area (Å²) in [5.41, 5.74) is 3.28. The van der Waals surface area contributed by atoms with Crippen LogP contribution in [0.15, 0.2) is 72.8 Å². The number of amides is 1. The van der Waals surface area contributed by atoms with Crippen molar-refractivity contribution in [2.24, 2.45) is 0 Å². The van der Waals surface area contributed by atoms with Crippen LogP contribution in [-0.2, 0) is 0 Å². The van der Waals surface area contributed by atoms with E-state index < -0.39 is 0 Å². The van der Waals surface area contributed by atoms with E-state index >= 15 is 0 Å². The Hall–Kier alpha value is -3.07. The number of ether oxygens (including phenoxy) is 1. The van der Waals surface area contributed by atoms with E-state index in [1.54, 1.807) is 0 Å². The van der Waals surface area contributed by atoms with Crippen LogP contribution in [0.1, 0.15) is 10.4 Å². The first-order valence-corrected chi connectivity index (χ1v) is 7.09. The summed E-state index contributed by atoms with van der Waals surface area (Å²) in [6.45, 7) is 0. The second kappa shape index (κ2) is 5.04. The molecular weight excluding hydrogens is 274 g/mol. The van der Waals surface area contributed by atoms with Crippen molar-refractivity contribution in [2.75, 3.05) is 5.32 Å². The molecule has 0 atom stereocenters. The summed E-state index contributed by atoms with van der Waals surface area (Å²) in [4.78, 5) is 12.5. The standard InChI is InChI=1S/C19H13NO2/c21-19-15-12-14(13-6-2-1-3-7-13)10-11-17(15)22-18-9-5-4-8-16(18)20-19/h1-12H,(H,20,21). The molecule has 1 aliphatic heterocycles. The topological polar surface area (TPSA) is 38.3 Å². The summed E-state index contributed by atoms with van der Waals surface area (Å²) in [5.74, 6) is 1.07. The zero-order valence-electron chi connectivity index (χ0n) is 11.7. The molecular formula is C19H13NO2. The van der Waals surface area contributed by atoms with Gasteiger partial charge in [-0.2, -0.15) is 0 Å². The molecule has 1 amide bonds. The molecule has 1 heterocycles. The van der Waals surface area contributed by atoms with Crippen molar-refractivity contribution < 1.29 is 9.53 Å². The lowest BCUT2D eigenvalue weighted by atomic mass is 10.0. The summed E-state index contributed by atoms with van der Waals surface area (Å²) in [6.07, 6.45) is 0. The lowest BCUT2D eigenvalue weighted by Crippen LogP contribution is -2.10. The van der Waals surface area contributed by atoms with Crippen molar-refractivity contribution in [1.29, 1.82) is 0 Å². The molecule has 0 aromatic heterocycles. The Kier molecular flexibility index (Phi) is 2.90. The van der Waals surface area contributed by atoms with Gasteiger partial charge in [-0.1, -0.05) is 48.5 Å². The highest BCUT2D eigenvalue weighted by molar-refractivity contribution is 6.08. The Morgan fingerprint density at radius 3 is 2.36 bits per heavy atom. The van der Waals surface area contributed by atoms with E-state index in [4.69, 9.17) is 4.74 Å². The number of benzene rings is 3. The average molecular weight is 287 g/mol. The van der Waals surface area contributed by atoms with Crippen LogP contribution >= 0.6 is 0 Å². The second-order valence-corrected chi connectivity index (χ2v) is 5.13. The lowest BCUT2D eigenvalue weighted by Gasteiger charge is -2.08. The van der Waals surface area contributed by atoms with E-state index in [-0.39, 0.29) is 5.91 Å². The largest absolute Gasteiger partial charge is 0.454 e. The van der Waals surface area contributed by atoms with Gasteiger partial charge in [-0.05, 0) is 35.4 Å². The quantitative estimate of drug-likeness (QED) is 0.703. The van der Waals surface area contributed by atoms with Crippen LogP contribution in [0.2, 0.25) is 0 Å². The van der Waals surface area contributed by atoms with Gasteiger partial charge in [0, 0.05) is 0 Å². The molecule has 0 radical (unpaired) electrons. The molecule has 22 heavy (non-hydrogen) atoms. The van der Waals surface area contributed by atoms with E-state index in [0.717, 1.165) is 11.1 Å². The smallest absolute Gasteiger partial charge is 0.259 e. The van der Waals surface area contributed by atoms with Crippen LogP contribution < -0.4 is 10.1 Å². The second-order valence-electron chi connectivity index (χ2n) is 5.13. The maximum atomic E-state index is 12.5. The predicted octanol–water partition coefficient (Wildman–Crippen LogP) is 4.71. The van der Waals surface area contributed by atoms with Crippen molar-refractivity contribution >= 4 is 11.6 Å². The Morgan fingerprint density at radius 1 is 0.727 bits per heavy atom. The number of hydrogen-bond donors (Lipinski definition) is 1. The lowest BCUT2D eigenvalue weighted by molar-refractivity contribution is 0.102. The molecule has 0 saturated carbocycles. The normalized spacial score (nSPS) is 12.5. The van der Waals surface area contributed by atoms with Crippen molar-refractivity contribution in [3.05, 3.63) is 78.4 Å². The molecule has 3 nitrogen and oxygen atoms in total. The van der Waals surface area contributed by atoms with Gasteiger partial charge in [0.05, 0.1) is 11.3 Å². The van der Waals surface area contributed by atoms with Crippen LogP contribution in [-0.4, -0.2) is 5.91 Å². The van der Waals surface area contributed by atoms with Crippen LogP contribution in [0.5, 0.6) is 11.5 Å². The summed E-state index contributed by atoms with van der Waals surface area (Å²) < 4.78 is 5.88. The van der Waals surface area contributed by atoms with Gasteiger partial charge in [0.2, 0.25) is 0 Å². The zero-order valence-corrected chi connectivity index (χ0v) is 11.7. The van der Waals surface area contributed by atoms with E-state index in [1.807, 2.05) is 72.8 Å². The highest BCUT2D eigenvalue weighted by Crippen LogP contribution is 2.36. The molecule has 4 rings (SSSR count). The average Bonchev–Trinajstić information content (AvgIpc) is 2.71. The number of nitrogens with one attached hydrogen (secondary N) is 1. The summed E-state index contributed by atoms with van der Waals surface area (Å²) >= 11 is 0. The maximum absolute atomic E-state index is 12.5. The monoisotopic (exact) mass is 287 g/mol. The van der Waals surface area contributed by atoms with Gasteiger partial charge in [-0.3, -0.25) is 4.79 Å². The maximum Gasteiger partial charge on any atom is 0.259 e. The molecule has 0 spiro atoms. The first kappa shape index (κ1) is 12.7. The van der Waals surface area contributed by atoms with E-state index in [0.29, 0.717) is 22.7 Å². The van der Waals surface area contributed by atoms with Gasteiger partial charge >= 0.3 is 0 Å². The minimum Gasteiger partial charge on any atom is -0.454 e. The summed E-state index contributed by atoms with van der Waals surface area (Å²) in [7, 11) is 0. The van der Waals surface area contributed by atoms with E-state index in [9.17, 15) is 4.79 Å². The molecule has 0 unspecified atom stereocenters. The molecule has 1 aliphatic rings. The molecule has 106 valence electrons. The first-order chi connectivity index (χ1) is 10.8. The molecule has 3 aromatic carbocycles. The van der Waals surface area contributed by atoms with Gasteiger partial charge in [0.25, 0.3) is 5.91 Å². The Morgan fingerprint density at radius 2 is 1.50 bits per heavy atom. The number of carbonyl (C=O) groups is 1.